The van der Waals surface area contributed by atoms with Gasteiger partial charge in [-0.1, -0.05) is 35.9 Å². The molecule has 1 fully saturated rings. The molecule has 2 aromatic carbocycles. The molecule has 1 saturated heterocycles. The number of hydrogen-bond acceptors (Lipinski definition) is 2. The van der Waals surface area contributed by atoms with Crippen molar-refractivity contribution in [1.82, 2.24) is 9.80 Å². The zero-order valence-corrected chi connectivity index (χ0v) is 15.0. The third kappa shape index (κ3) is 4.28. The highest BCUT2D eigenvalue weighted by atomic mass is 19.1. The average Bonchev–Trinajstić information content (AvgIpc) is 2.67. The highest BCUT2D eigenvalue weighted by Gasteiger charge is 2.24. The van der Waals surface area contributed by atoms with Gasteiger partial charge >= 0.3 is 0 Å². The lowest BCUT2D eigenvalue weighted by molar-refractivity contribution is -0.132. The minimum absolute atomic E-state index is 0.00320. The molecule has 2 amide bonds. The van der Waals surface area contributed by atoms with Gasteiger partial charge in [0.05, 0.1) is 0 Å². The number of amides is 2. The smallest absolute Gasteiger partial charge is 0.253 e. The number of piperazine rings is 1. The van der Waals surface area contributed by atoms with Crippen molar-refractivity contribution in [3.8, 4) is 0 Å². The maximum absolute atomic E-state index is 13.6. The molecule has 3 rings (SSSR count). The number of aryl methyl sites for hydroxylation is 2. The SMILES string of the molecule is Cc1ccc(C(=O)N2CCN(C(=O)CCc3ccccc3F)CC2)cc1. The first-order valence-corrected chi connectivity index (χ1v) is 8.92. The van der Waals surface area contributed by atoms with Gasteiger partial charge in [0.1, 0.15) is 5.82 Å². The number of carbonyl (C=O) groups excluding carboxylic acids is 2. The molecular weight excluding hydrogens is 331 g/mol. The molecule has 0 radical (unpaired) electrons. The lowest BCUT2D eigenvalue weighted by Gasteiger charge is -2.35. The Bertz CT molecular complexity index is 781. The lowest BCUT2D eigenvalue weighted by atomic mass is 10.1. The van der Waals surface area contributed by atoms with Gasteiger partial charge in [0.2, 0.25) is 5.91 Å². The summed E-state index contributed by atoms with van der Waals surface area (Å²) in [6.07, 6.45) is 0.681. The average molecular weight is 354 g/mol. The molecule has 2 aromatic rings. The fourth-order valence-electron chi connectivity index (χ4n) is 3.14. The molecule has 0 unspecified atom stereocenters. The van der Waals surface area contributed by atoms with Crippen LogP contribution in [0.15, 0.2) is 48.5 Å². The Morgan fingerprint density at radius 3 is 2.19 bits per heavy atom. The number of carbonyl (C=O) groups is 2. The van der Waals surface area contributed by atoms with Crippen molar-refractivity contribution in [3.05, 3.63) is 71.0 Å². The first-order valence-electron chi connectivity index (χ1n) is 8.92. The maximum atomic E-state index is 13.6. The Morgan fingerprint density at radius 1 is 0.923 bits per heavy atom. The van der Waals surface area contributed by atoms with Gasteiger partial charge in [0.25, 0.3) is 5.91 Å². The molecular formula is C21H23FN2O2. The van der Waals surface area contributed by atoms with Gasteiger partial charge in [-0.3, -0.25) is 9.59 Å². The van der Waals surface area contributed by atoms with Crippen molar-refractivity contribution in [1.29, 1.82) is 0 Å². The van der Waals surface area contributed by atoms with Crippen molar-refractivity contribution in [2.24, 2.45) is 0 Å². The topological polar surface area (TPSA) is 40.6 Å². The number of benzene rings is 2. The first-order chi connectivity index (χ1) is 12.5. The molecule has 5 heteroatoms. The summed E-state index contributed by atoms with van der Waals surface area (Å²) in [5, 5.41) is 0. The molecule has 1 heterocycles. The van der Waals surface area contributed by atoms with Gasteiger partial charge in [-0.2, -0.15) is 0 Å². The summed E-state index contributed by atoms with van der Waals surface area (Å²) >= 11 is 0. The van der Waals surface area contributed by atoms with E-state index in [1.807, 2.05) is 31.2 Å². The van der Waals surface area contributed by atoms with Gasteiger partial charge in [-0.05, 0) is 37.1 Å². The summed E-state index contributed by atoms with van der Waals surface area (Å²) in [5.74, 6) is -0.257. The first kappa shape index (κ1) is 18.1. The standard InChI is InChI=1S/C21H23FN2O2/c1-16-6-8-18(9-7-16)21(26)24-14-12-23(13-15-24)20(25)11-10-17-4-2-3-5-19(17)22/h2-9H,10-15H2,1H3. The lowest BCUT2D eigenvalue weighted by Crippen LogP contribution is -2.50. The monoisotopic (exact) mass is 354 g/mol. The van der Waals surface area contributed by atoms with E-state index in [1.165, 1.54) is 6.07 Å². The summed E-state index contributed by atoms with van der Waals surface area (Å²) in [6.45, 7) is 4.08. The van der Waals surface area contributed by atoms with Crippen LogP contribution in [0.4, 0.5) is 4.39 Å². The molecule has 0 N–H and O–H groups in total. The Labute approximate surface area is 153 Å². The number of rotatable bonds is 4. The molecule has 1 aliphatic heterocycles. The Balaban J connectivity index is 1.50. The highest BCUT2D eigenvalue weighted by Crippen LogP contribution is 2.13. The van der Waals surface area contributed by atoms with Gasteiger partial charge in [0, 0.05) is 38.2 Å². The van der Waals surface area contributed by atoms with Crippen LogP contribution in [0.2, 0.25) is 0 Å². The summed E-state index contributed by atoms with van der Waals surface area (Å²) in [7, 11) is 0. The number of halogens is 1. The van der Waals surface area contributed by atoms with Crippen molar-refractivity contribution >= 4 is 11.8 Å². The maximum Gasteiger partial charge on any atom is 0.253 e. The predicted molar refractivity (Wildman–Crippen MR) is 98.4 cm³/mol. The third-order valence-electron chi connectivity index (χ3n) is 4.78. The van der Waals surface area contributed by atoms with Gasteiger partial charge in [-0.25, -0.2) is 4.39 Å². The van der Waals surface area contributed by atoms with E-state index in [-0.39, 0.29) is 24.1 Å². The predicted octanol–water partition coefficient (Wildman–Crippen LogP) is 3.05. The van der Waals surface area contributed by atoms with E-state index in [2.05, 4.69) is 0 Å². The quantitative estimate of drug-likeness (QED) is 0.847. The molecule has 0 bridgehead atoms. The molecule has 26 heavy (non-hydrogen) atoms. The van der Waals surface area contributed by atoms with E-state index in [0.717, 1.165) is 5.56 Å². The van der Waals surface area contributed by atoms with Crippen LogP contribution < -0.4 is 0 Å². The van der Waals surface area contributed by atoms with Gasteiger partial charge < -0.3 is 9.80 Å². The van der Waals surface area contributed by atoms with Crippen molar-refractivity contribution < 1.29 is 14.0 Å². The summed E-state index contributed by atoms with van der Waals surface area (Å²) in [4.78, 5) is 28.4. The van der Waals surface area contributed by atoms with Crippen LogP contribution in [0.3, 0.4) is 0 Å². The molecule has 1 aliphatic rings. The van der Waals surface area contributed by atoms with Crippen LogP contribution in [0.25, 0.3) is 0 Å². The van der Waals surface area contributed by atoms with Crippen LogP contribution in [-0.4, -0.2) is 47.8 Å². The minimum atomic E-state index is -0.270. The fourth-order valence-corrected chi connectivity index (χ4v) is 3.14. The molecule has 0 aliphatic carbocycles. The van der Waals surface area contributed by atoms with Crippen LogP contribution in [0, 0.1) is 12.7 Å². The molecule has 0 aromatic heterocycles. The largest absolute Gasteiger partial charge is 0.339 e. The van der Waals surface area contributed by atoms with Crippen LogP contribution in [0.5, 0.6) is 0 Å². The molecule has 136 valence electrons. The summed E-state index contributed by atoms with van der Waals surface area (Å²) < 4.78 is 13.6. The Hall–Kier alpha value is -2.69. The van der Waals surface area contributed by atoms with E-state index in [9.17, 15) is 14.0 Å². The third-order valence-corrected chi connectivity index (χ3v) is 4.78. The Morgan fingerprint density at radius 2 is 1.54 bits per heavy atom. The second kappa shape index (κ2) is 8.13. The van der Waals surface area contributed by atoms with Crippen LogP contribution >= 0.6 is 0 Å². The minimum Gasteiger partial charge on any atom is -0.339 e. The van der Waals surface area contributed by atoms with Crippen LogP contribution in [0.1, 0.15) is 27.9 Å². The second-order valence-corrected chi connectivity index (χ2v) is 6.63. The molecule has 0 saturated carbocycles. The van der Waals surface area contributed by atoms with Gasteiger partial charge in [-0.15, -0.1) is 0 Å². The zero-order chi connectivity index (χ0) is 18.5. The zero-order valence-electron chi connectivity index (χ0n) is 15.0. The highest BCUT2D eigenvalue weighted by molar-refractivity contribution is 5.94. The van der Waals surface area contributed by atoms with Crippen molar-refractivity contribution in [3.63, 3.8) is 0 Å². The van der Waals surface area contributed by atoms with E-state index < -0.39 is 0 Å². The van der Waals surface area contributed by atoms with Crippen molar-refractivity contribution in [2.45, 2.75) is 19.8 Å². The summed E-state index contributed by atoms with van der Waals surface area (Å²) in [5.41, 5.74) is 2.36. The van der Waals surface area contributed by atoms with E-state index in [0.29, 0.717) is 43.7 Å². The number of hydrogen-bond donors (Lipinski definition) is 0. The van der Waals surface area contributed by atoms with Crippen LogP contribution in [-0.2, 0) is 11.2 Å². The molecule has 4 nitrogen and oxygen atoms in total. The fraction of sp³-hybridized carbons (Fsp3) is 0.333. The second-order valence-electron chi connectivity index (χ2n) is 6.63. The van der Waals surface area contributed by atoms with E-state index in [1.54, 1.807) is 28.0 Å². The van der Waals surface area contributed by atoms with E-state index in [4.69, 9.17) is 0 Å². The number of nitrogens with zero attached hydrogens (tertiary/aromatic N) is 2. The normalized spacial score (nSPS) is 14.4. The van der Waals surface area contributed by atoms with Crippen molar-refractivity contribution in [2.75, 3.05) is 26.2 Å². The summed E-state index contributed by atoms with van der Waals surface area (Å²) in [6, 6.07) is 14.1. The molecule has 0 atom stereocenters. The van der Waals surface area contributed by atoms with Gasteiger partial charge in [0.15, 0.2) is 0 Å². The van der Waals surface area contributed by atoms with E-state index >= 15 is 0 Å². The Kier molecular flexibility index (Phi) is 5.66. The molecule has 0 spiro atoms.